The molecule has 1 aliphatic rings. The van der Waals surface area contributed by atoms with E-state index in [0.717, 1.165) is 12.8 Å². The zero-order valence-electron chi connectivity index (χ0n) is 9.77. The van der Waals surface area contributed by atoms with Crippen LogP contribution in [0.3, 0.4) is 0 Å². The van der Waals surface area contributed by atoms with Crippen molar-refractivity contribution in [2.75, 3.05) is 23.7 Å². The minimum atomic E-state index is -0.316. The maximum atomic E-state index is 11.4. The SMILES string of the molecule is CC(=O)C1CCN(c2nc[nH]c(=O)c2N)CC1. The number of anilines is 2. The molecule has 1 aromatic rings. The van der Waals surface area contributed by atoms with Crippen LogP contribution >= 0.6 is 0 Å². The maximum Gasteiger partial charge on any atom is 0.276 e. The highest BCUT2D eigenvalue weighted by molar-refractivity contribution is 5.78. The quantitative estimate of drug-likeness (QED) is 0.763. The second kappa shape index (κ2) is 4.57. The highest BCUT2D eigenvalue weighted by atomic mass is 16.1. The topological polar surface area (TPSA) is 92.1 Å². The lowest BCUT2D eigenvalue weighted by Crippen LogP contribution is -2.37. The molecule has 92 valence electrons. The van der Waals surface area contributed by atoms with E-state index in [4.69, 9.17) is 5.73 Å². The van der Waals surface area contributed by atoms with Gasteiger partial charge in [0, 0.05) is 19.0 Å². The maximum absolute atomic E-state index is 11.4. The zero-order valence-corrected chi connectivity index (χ0v) is 9.77. The molecule has 6 heteroatoms. The van der Waals surface area contributed by atoms with Crippen molar-refractivity contribution >= 4 is 17.3 Å². The molecular weight excluding hydrogens is 220 g/mol. The lowest BCUT2D eigenvalue weighted by molar-refractivity contribution is -0.121. The Balaban J connectivity index is 2.13. The van der Waals surface area contributed by atoms with Crippen molar-refractivity contribution < 1.29 is 4.79 Å². The molecule has 0 aromatic carbocycles. The van der Waals surface area contributed by atoms with Crippen LogP contribution in [0.1, 0.15) is 19.8 Å². The molecule has 1 fully saturated rings. The number of hydrogen-bond acceptors (Lipinski definition) is 5. The summed E-state index contributed by atoms with van der Waals surface area (Å²) in [6.07, 6.45) is 2.94. The molecule has 1 aliphatic heterocycles. The van der Waals surface area contributed by atoms with Crippen LogP contribution in [-0.4, -0.2) is 28.8 Å². The molecular formula is C11H16N4O2. The summed E-state index contributed by atoms with van der Waals surface area (Å²) >= 11 is 0. The summed E-state index contributed by atoms with van der Waals surface area (Å²) in [5.41, 5.74) is 5.52. The first-order chi connectivity index (χ1) is 8.09. The highest BCUT2D eigenvalue weighted by Gasteiger charge is 2.24. The Morgan fingerprint density at radius 1 is 1.53 bits per heavy atom. The number of nitrogens with zero attached hydrogens (tertiary/aromatic N) is 2. The predicted octanol–water partition coefficient (Wildman–Crippen LogP) is 0.158. The van der Waals surface area contributed by atoms with E-state index in [9.17, 15) is 9.59 Å². The smallest absolute Gasteiger partial charge is 0.276 e. The van der Waals surface area contributed by atoms with Crippen molar-refractivity contribution in [3.63, 3.8) is 0 Å². The minimum absolute atomic E-state index is 0.134. The van der Waals surface area contributed by atoms with Crippen molar-refractivity contribution in [1.29, 1.82) is 0 Å². The predicted molar refractivity (Wildman–Crippen MR) is 64.9 cm³/mol. The van der Waals surface area contributed by atoms with Gasteiger partial charge in [0.1, 0.15) is 11.5 Å². The molecule has 1 saturated heterocycles. The number of nitrogens with one attached hydrogen (secondary N) is 1. The normalized spacial score (nSPS) is 17.1. The lowest BCUT2D eigenvalue weighted by Gasteiger charge is -2.31. The van der Waals surface area contributed by atoms with Gasteiger partial charge >= 0.3 is 0 Å². The van der Waals surface area contributed by atoms with Gasteiger partial charge in [0.15, 0.2) is 5.82 Å². The number of hydrogen-bond donors (Lipinski definition) is 2. The number of carbonyl (C=O) groups is 1. The number of piperidine rings is 1. The molecule has 0 radical (unpaired) electrons. The standard InChI is InChI=1S/C11H16N4O2/c1-7(16)8-2-4-15(5-3-8)10-9(12)11(17)14-6-13-10/h6,8H,2-5,12H2,1H3,(H,13,14,17). The Morgan fingerprint density at radius 3 is 2.76 bits per heavy atom. The van der Waals surface area contributed by atoms with Gasteiger partial charge in [-0.1, -0.05) is 0 Å². The van der Waals surface area contributed by atoms with E-state index in [1.165, 1.54) is 6.33 Å². The number of rotatable bonds is 2. The molecule has 0 atom stereocenters. The van der Waals surface area contributed by atoms with Gasteiger partial charge in [-0.2, -0.15) is 0 Å². The molecule has 1 aromatic heterocycles. The van der Waals surface area contributed by atoms with Gasteiger partial charge < -0.3 is 15.6 Å². The van der Waals surface area contributed by atoms with Crippen molar-refractivity contribution in [3.8, 4) is 0 Å². The van der Waals surface area contributed by atoms with E-state index in [1.807, 2.05) is 4.90 Å². The molecule has 17 heavy (non-hydrogen) atoms. The van der Waals surface area contributed by atoms with E-state index in [2.05, 4.69) is 9.97 Å². The average molecular weight is 236 g/mol. The molecule has 0 spiro atoms. The number of H-pyrrole nitrogens is 1. The van der Waals surface area contributed by atoms with Crippen LogP contribution in [0.5, 0.6) is 0 Å². The zero-order chi connectivity index (χ0) is 12.4. The fraction of sp³-hybridized carbons (Fsp3) is 0.545. The van der Waals surface area contributed by atoms with Crippen LogP contribution in [-0.2, 0) is 4.79 Å². The van der Waals surface area contributed by atoms with Gasteiger partial charge in [0.05, 0.1) is 6.33 Å². The van der Waals surface area contributed by atoms with Crippen LogP contribution in [0.2, 0.25) is 0 Å². The summed E-state index contributed by atoms with van der Waals surface area (Å²) in [5, 5.41) is 0. The van der Waals surface area contributed by atoms with Crippen molar-refractivity contribution in [3.05, 3.63) is 16.7 Å². The molecule has 0 unspecified atom stereocenters. The van der Waals surface area contributed by atoms with E-state index in [-0.39, 0.29) is 22.9 Å². The summed E-state index contributed by atoms with van der Waals surface area (Å²) < 4.78 is 0. The van der Waals surface area contributed by atoms with Crippen molar-refractivity contribution in [2.45, 2.75) is 19.8 Å². The van der Waals surface area contributed by atoms with Gasteiger partial charge in [-0.3, -0.25) is 9.59 Å². The second-order valence-corrected chi connectivity index (χ2v) is 4.34. The molecule has 0 saturated carbocycles. The number of nitrogen functional groups attached to an aromatic ring is 1. The van der Waals surface area contributed by atoms with Gasteiger partial charge in [-0.25, -0.2) is 4.98 Å². The Labute approximate surface area is 98.8 Å². The Kier molecular flexibility index (Phi) is 3.12. The first kappa shape index (κ1) is 11.6. The molecule has 2 rings (SSSR count). The number of aromatic nitrogens is 2. The second-order valence-electron chi connectivity index (χ2n) is 4.34. The summed E-state index contributed by atoms with van der Waals surface area (Å²) in [4.78, 5) is 31.1. The fourth-order valence-corrected chi connectivity index (χ4v) is 2.15. The lowest BCUT2D eigenvalue weighted by atomic mass is 9.93. The van der Waals surface area contributed by atoms with E-state index in [0.29, 0.717) is 18.9 Å². The first-order valence-electron chi connectivity index (χ1n) is 5.68. The van der Waals surface area contributed by atoms with Gasteiger partial charge in [0.25, 0.3) is 5.56 Å². The van der Waals surface area contributed by atoms with Crippen LogP contribution < -0.4 is 16.2 Å². The fourth-order valence-electron chi connectivity index (χ4n) is 2.15. The van der Waals surface area contributed by atoms with Gasteiger partial charge in [-0.15, -0.1) is 0 Å². The summed E-state index contributed by atoms with van der Waals surface area (Å²) in [5.74, 6) is 0.890. The first-order valence-corrected chi connectivity index (χ1v) is 5.68. The van der Waals surface area contributed by atoms with Crippen molar-refractivity contribution in [2.24, 2.45) is 5.92 Å². The molecule has 0 amide bonds. The number of carbonyl (C=O) groups excluding carboxylic acids is 1. The van der Waals surface area contributed by atoms with Crippen LogP contribution in [0, 0.1) is 5.92 Å². The average Bonchev–Trinajstić information content (AvgIpc) is 2.33. The summed E-state index contributed by atoms with van der Waals surface area (Å²) in [7, 11) is 0. The van der Waals surface area contributed by atoms with Gasteiger partial charge in [0.2, 0.25) is 0 Å². The highest BCUT2D eigenvalue weighted by Crippen LogP contribution is 2.24. The number of Topliss-reactive ketones (excluding diaryl/α,β-unsaturated/α-hetero) is 1. The molecule has 3 N–H and O–H groups in total. The van der Waals surface area contributed by atoms with Crippen LogP contribution in [0.4, 0.5) is 11.5 Å². The largest absolute Gasteiger partial charge is 0.391 e. The van der Waals surface area contributed by atoms with E-state index in [1.54, 1.807) is 6.92 Å². The molecule has 6 nitrogen and oxygen atoms in total. The third kappa shape index (κ3) is 2.30. The monoisotopic (exact) mass is 236 g/mol. The molecule has 0 aliphatic carbocycles. The summed E-state index contributed by atoms with van der Waals surface area (Å²) in [6.45, 7) is 3.05. The van der Waals surface area contributed by atoms with Crippen LogP contribution in [0.15, 0.2) is 11.1 Å². The number of aromatic amines is 1. The molecule has 2 heterocycles. The summed E-state index contributed by atoms with van der Waals surface area (Å²) in [6, 6.07) is 0. The third-order valence-corrected chi connectivity index (χ3v) is 3.24. The van der Waals surface area contributed by atoms with E-state index < -0.39 is 0 Å². The Hall–Kier alpha value is -1.85. The molecule has 0 bridgehead atoms. The number of ketones is 1. The van der Waals surface area contributed by atoms with Crippen LogP contribution in [0.25, 0.3) is 0 Å². The van der Waals surface area contributed by atoms with Crippen molar-refractivity contribution in [1.82, 2.24) is 9.97 Å². The Bertz CT molecular complexity index is 475. The van der Waals surface area contributed by atoms with E-state index >= 15 is 0 Å². The third-order valence-electron chi connectivity index (χ3n) is 3.24. The minimum Gasteiger partial charge on any atom is -0.391 e. The Morgan fingerprint density at radius 2 is 2.18 bits per heavy atom. The number of nitrogens with two attached hydrogens (primary N) is 1. The van der Waals surface area contributed by atoms with Gasteiger partial charge in [-0.05, 0) is 19.8 Å².